The van der Waals surface area contributed by atoms with Crippen molar-refractivity contribution in [2.24, 2.45) is 5.73 Å². The van der Waals surface area contributed by atoms with Crippen molar-refractivity contribution in [3.05, 3.63) is 65.0 Å². The molecule has 2 nitrogen and oxygen atoms in total. The van der Waals surface area contributed by atoms with Crippen molar-refractivity contribution >= 4 is 0 Å². The minimum Gasteiger partial charge on any atom is -0.485 e. The second-order valence-electron chi connectivity index (χ2n) is 4.77. The first kappa shape index (κ1) is 13.0. The van der Waals surface area contributed by atoms with Crippen LogP contribution in [0.15, 0.2) is 36.4 Å². The molecule has 104 valence electrons. The molecule has 0 spiro atoms. The first-order chi connectivity index (χ1) is 9.56. The second-order valence-corrected chi connectivity index (χ2v) is 4.77. The first-order valence-electron chi connectivity index (χ1n) is 6.22. The summed E-state index contributed by atoms with van der Waals surface area (Å²) in [5.41, 5.74) is 6.63. The van der Waals surface area contributed by atoms with E-state index in [1.165, 1.54) is 30.3 Å². The van der Waals surface area contributed by atoms with Crippen LogP contribution in [0.2, 0.25) is 0 Å². The van der Waals surface area contributed by atoms with E-state index in [9.17, 15) is 13.2 Å². The molecule has 2 aromatic carbocycles. The number of halogens is 3. The molecule has 1 aliphatic rings. The molecule has 20 heavy (non-hydrogen) atoms. The van der Waals surface area contributed by atoms with Crippen LogP contribution in [0.5, 0.6) is 5.75 Å². The van der Waals surface area contributed by atoms with Crippen LogP contribution in [0.1, 0.15) is 29.7 Å². The van der Waals surface area contributed by atoms with Crippen LogP contribution in [0, 0.1) is 17.5 Å². The quantitative estimate of drug-likeness (QED) is 0.865. The Balaban J connectivity index is 1.99. The van der Waals surface area contributed by atoms with E-state index >= 15 is 0 Å². The predicted octanol–water partition coefficient (Wildman–Crippen LogP) is 3.63. The Morgan fingerprint density at radius 2 is 1.85 bits per heavy atom. The van der Waals surface area contributed by atoms with Gasteiger partial charge in [0.05, 0.1) is 0 Å². The van der Waals surface area contributed by atoms with E-state index < -0.39 is 29.6 Å². The third-order valence-corrected chi connectivity index (χ3v) is 3.44. The van der Waals surface area contributed by atoms with E-state index in [2.05, 4.69) is 0 Å². The normalized spacial score (nSPS) is 21.2. The van der Waals surface area contributed by atoms with E-state index in [-0.39, 0.29) is 12.0 Å². The fourth-order valence-electron chi connectivity index (χ4n) is 2.43. The Labute approximate surface area is 114 Å². The highest BCUT2D eigenvalue weighted by Gasteiger charge is 2.29. The molecule has 0 aliphatic carbocycles. The molecule has 0 amide bonds. The summed E-state index contributed by atoms with van der Waals surface area (Å²) in [4.78, 5) is 0. The van der Waals surface area contributed by atoms with E-state index in [0.29, 0.717) is 11.3 Å². The Hall–Kier alpha value is -2.01. The molecule has 0 radical (unpaired) electrons. The summed E-state index contributed by atoms with van der Waals surface area (Å²) in [7, 11) is 0. The lowest BCUT2D eigenvalue weighted by Gasteiger charge is -2.30. The van der Waals surface area contributed by atoms with Gasteiger partial charge < -0.3 is 10.5 Å². The lowest BCUT2D eigenvalue weighted by molar-refractivity contribution is 0.156. The lowest BCUT2D eigenvalue weighted by Crippen LogP contribution is -2.25. The molecule has 0 saturated heterocycles. The fourth-order valence-corrected chi connectivity index (χ4v) is 2.43. The van der Waals surface area contributed by atoms with E-state index in [0.717, 1.165) is 6.07 Å². The van der Waals surface area contributed by atoms with Gasteiger partial charge in [-0.3, -0.25) is 0 Å². The molecule has 1 heterocycles. The molecule has 2 N–H and O–H groups in total. The van der Waals surface area contributed by atoms with E-state index in [4.69, 9.17) is 10.5 Å². The molecule has 0 bridgehead atoms. The van der Waals surface area contributed by atoms with Crippen LogP contribution in [0.25, 0.3) is 0 Å². The Morgan fingerprint density at radius 1 is 1.05 bits per heavy atom. The molecular weight excluding hydrogens is 267 g/mol. The second kappa shape index (κ2) is 4.83. The van der Waals surface area contributed by atoms with Gasteiger partial charge in [0.15, 0.2) is 11.6 Å². The minimum atomic E-state index is -0.935. The summed E-state index contributed by atoms with van der Waals surface area (Å²) in [6, 6.07) is 7.45. The molecule has 0 fully saturated rings. The number of benzene rings is 2. The van der Waals surface area contributed by atoms with Gasteiger partial charge in [-0.25, -0.2) is 13.2 Å². The Bertz CT molecular complexity index is 660. The largest absolute Gasteiger partial charge is 0.485 e. The SMILES string of the molecule is N[C@@H]1CC(c2cccc(F)c2F)Oc2ccc(F)cc21. The molecule has 2 atom stereocenters. The zero-order valence-corrected chi connectivity index (χ0v) is 10.4. The highest BCUT2D eigenvalue weighted by atomic mass is 19.2. The summed E-state index contributed by atoms with van der Waals surface area (Å²) in [6.45, 7) is 0. The topological polar surface area (TPSA) is 35.2 Å². The van der Waals surface area contributed by atoms with Crippen molar-refractivity contribution in [2.45, 2.75) is 18.6 Å². The average molecular weight is 279 g/mol. The number of fused-ring (bicyclic) bond motifs is 1. The predicted molar refractivity (Wildman–Crippen MR) is 67.7 cm³/mol. The summed E-state index contributed by atoms with van der Waals surface area (Å²) < 4.78 is 45.9. The van der Waals surface area contributed by atoms with Crippen LogP contribution >= 0.6 is 0 Å². The maximum atomic E-state index is 13.8. The molecule has 1 unspecified atom stereocenters. The smallest absolute Gasteiger partial charge is 0.165 e. The van der Waals surface area contributed by atoms with Gasteiger partial charge in [-0.2, -0.15) is 0 Å². The first-order valence-corrected chi connectivity index (χ1v) is 6.22. The van der Waals surface area contributed by atoms with Gasteiger partial charge in [0.1, 0.15) is 17.7 Å². The molecule has 0 saturated carbocycles. The number of hydrogen-bond acceptors (Lipinski definition) is 2. The van der Waals surface area contributed by atoms with Crippen molar-refractivity contribution in [1.29, 1.82) is 0 Å². The van der Waals surface area contributed by atoms with Crippen LogP contribution in [-0.2, 0) is 0 Å². The molecule has 0 aromatic heterocycles. The number of rotatable bonds is 1. The standard InChI is InChI=1S/C15H12F3NO/c16-8-4-5-13-10(6-8)12(19)7-14(20-13)9-2-1-3-11(17)15(9)18/h1-6,12,14H,7,19H2/t12-,14?/m1/s1. The molecule has 5 heteroatoms. The molecular formula is C15H12F3NO. The highest BCUT2D eigenvalue weighted by Crippen LogP contribution is 2.40. The van der Waals surface area contributed by atoms with Crippen molar-refractivity contribution in [3.8, 4) is 5.75 Å². The number of nitrogens with two attached hydrogens (primary N) is 1. The average Bonchev–Trinajstić information content (AvgIpc) is 2.42. The maximum Gasteiger partial charge on any atom is 0.165 e. The van der Waals surface area contributed by atoms with Gasteiger partial charge in [-0.15, -0.1) is 0 Å². The number of ether oxygens (including phenoxy) is 1. The van der Waals surface area contributed by atoms with E-state index in [1.807, 2.05) is 0 Å². The van der Waals surface area contributed by atoms with Crippen LogP contribution < -0.4 is 10.5 Å². The molecule has 2 aromatic rings. The van der Waals surface area contributed by atoms with Crippen molar-refractivity contribution in [3.63, 3.8) is 0 Å². The molecule has 3 rings (SSSR count). The van der Waals surface area contributed by atoms with Crippen molar-refractivity contribution < 1.29 is 17.9 Å². The monoisotopic (exact) mass is 279 g/mol. The van der Waals surface area contributed by atoms with Gasteiger partial charge in [0.2, 0.25) is 0 Å². The van der Waals surface area contributed by atoms with Gasteiger partial charge in [-0.05, 0) is 24.3 Å². The zero-order chi connectivity index (χ0) is 14.3. The van der Waals surface area contributed by atoms with Gasteiger partial charge in [0, 0.05) is 23.6 Å². The summed E-state index contributed by atoms with van der Waals surface area (Å²) in [5.74, 6) is -1.86. The summed E-state index contributed by atoms with van der Waals surface area (Å²) in [6.07, 6.45) is -0.421. The lowest BCUT2D eigenvalue weighted by atomic mass is 9.93. The van der Waals surface area contributed by atoms with Crippen LogP contribution in [-0.4, -0.2) is 0 Å². The van der Waals surface area contributed by atoms with E-state index in [1.54, 1.807) is 0 Å². The highest BCUT2D eigenvalue weighted by molar-refractivity contribution is 5.39. The summed E-state index contributed by atoms with van der Waals surface area (Å²) >= 11 is 0. The maximum absolute atomic E-state index is 13.8. The van der Waals surface area contributed by atoms with Gasteiger partial charge in [0.25, 0.3) is 0 Å². The van der Waals surface area contributed by atoms with Crippen molar-refractivity contribution in [2.75, 3.05) is 0 Å². The Kier molecular flexibility index (Phi) is 3.14. The number of hydrogen-bond donors (Lipinski definition) is 1. The zero-order valence-electron chi connectivity index (χ0n) is 10.4. The van der Waals surface area contributed by atoms with Crippen LogP contribution in [0.4, 0.5) is 13.2 Å². The Morgan fingerprint density at radius 3 is 2.65 bits per heavy atom. The van der Waals surface area contributed by atoms with Gasteiger partial charge >= 0.3 is 0 Å². The summed E-state index contributed by atoms with van der Waals surface area (Å²) in [5, 5.41) is 0. The van der Waals surface area contributed by atoms with Gasteiger partial charge in [-0.1, -0.05) is 12.1 Å². The third-order valence-electron chi connectivity index (χ3n) is 3.44. The minimum absolute atomic E-state index is 0.121. The molecule has 1 aliphatic heterocycles. The van der Waals surface area contributed by atoms with Crippen LogP contribution in [0.3, 0.4) is 0 Å². The fraction of sp³-hybridized carbons (Fsp3) is 0.200. The third kappa shape index (κ3) is 2.14. The van der Waals surface area contributed by atoms with Crippen molar-refractivity contribution in [1.82, 2.24) is 0 Å².